The number of hydrogen-bond acceptors (Lipinski definition) is 4. The van der Waals surface area contributed by atoms with Crippen LogP contribution in [0.25, 0.3) is 0 Å². The highest BCUT2D eigenvalue weighted by molar-refractivity contribution is 5.74. The van der Waals surface area contributed by atoms with Crippen molar-refractivity contribution in [3.05, 3.63) is 28.8 Å². The highest BCUT2D eigenvalue weighted by Crippen LogP contribution is 2.25. The van der Waals surface area contributed by atoms with Crippen LogP contribution in [0.1, 0.15) is 23.6 Å². The molecule has 0 bridgehead atoms. The Morgan fingerprint density at radius 3 is 2.71 bits per heavy atom. The Morgan fingerprint density at radius 1 is 1.47 bits per heavy atom. The maximum absolute atomic E-state index is 11.5. The van der Waals surface area contributed by atoms with Gasteiger partial charge in [0.25, 0.3) is 0 Å². The second-order valence-electron chi connectivity index (χ2n) is 3.51. The zero-order valence-electron chi connectivity index (χ0n) is 10.2. The van der Waals surface area contributed by atoms with Gasteiger partial charge in [0.1, 0.15) is 5.75 Å². The number of esters is 1. The third kappa shape index (κ3) is 2.97. The Morgan fingerprint density at radius 2 is 2.18 bits per heavy atom. The van der Waals surface area contributed by atoms with Crippen molar-refractivity contribution >= 4 is 5.97 Å². The number of ether oxygens (including phenoxy) is 2. The lowest BCUT2D eigenvalue weighted by Crippen LogP contribution is -2.10. The number of nitrogens with zero attached hydrogens (tertiary/aromatic N) is 1. The Kier molecular flexibility index (Phi) is 4.53. The molecule has 0 N–H and O–H groups in total. The van der Waals surface area contributed by atoms with Crippen LogP contribution in [0.5, 0.6) is 5.75 Å². The molecule has 0 saturated heterocycles. The lowest BCUT2D eigenvalue weighted by Gasteiger charge is -2.11. The summed E-state index contributed by atoms with van der Waals surface area (Å²) in [6.45, 7) is 3.92. The predicted octanol–water partition coefficient (Wildman–Crippen LogP) is 1.98. The highest BCUT2D eigenvalue weighted by atomic mass is 16.5. The van der Waals surface area contributed by atoms with Gasteiger partial charge in [-0.05, 0) is 37.1 Å². The van der Waals surface area contributed by atoms with Crippen molar-refractivity contribution in [2.75, 3.05) is 13.7 Å². The van der Waals surface area contributed by atoms with Crippen LogP contribution in [0.3, 0.4) is 0 Å². The molecule has 0 aliphatic heterocycles. The third-order valence-electron chi connectivity index (χ3n) is 2.52. The summed E-state index contributed by atoms with van der Waals surface area (Å²) < 4.78 is 10.0. The van der Waals surface area contributed by atoms with Gasteiger partial charge in [0, 0.05) is 0 Å². The molecule has 90 valence electrons. The summed E-state index contributed by atoms with van der Waals surface area (Å²) in [6, 6.07) is 5.45. The van der Waals surface area contributed by atoms with Crippen molar-refractivity contribution < 1.29 is 14.3 Å². The highest BCUT2D eigenvalue weighted by Gasteiger charge is 2.14. The maximum Gasteiger partial charge on any atom is 0.310 e. The molecule has 4 nitrogen and oxygen atoms in total. The molecule has 0 amide bonds. The molecule has 4 heteroatoms. The number of benzene rings is 1. The minimum Gasteiger partial charge on any atom is -0.496 e. The van der Waals surface area contributed by atoms with Gasteiger partial charge in [-0.25, -0.2) is 0 Å². The van der Waals surface area contributed by atoms with Gasteiger partial charge in [-0.2, -0.15) is 5.26 Å². The number of nitriles is 1. The second kappa shape index (κ2) is 5.90. The number of rotatable bonds is 4. The first-order valence-electron chi connectivity index (χ1n) is 5.36. The third-order valence-corrected chi connectivity index (χ3v) is 2.52. The molecule has 0 saturated carbocycles. The van der Waals surface area contributed by atoms with E-state index in [2.05, 4.69) is 6.07 Å². The minimum absolute atomic E-state index is 0.0970. The lowest BCUT2D eigenvalue weighted by atomic mass is 9.99. The number of carbonyl (C=O) groups excluding carboxylic acids is 1. The summed E-state index contributed by atoms with van der Waals surface area (Å²) in [6.07, 6.45) is 0.0970. The van der Waals surface area contributed by atoms with E-state index in [-0.39, 0.29) is 12.4 Å². The lowest BCUT2D eigenvalue weighted by molar-refractivity contribution is -0.142. The summed E-state index contributed by atoms with van der Waals surface area (Å²) in [5, 5.41) is 9.01. The Hall–Kier alpha value is -2.02. The Balaban J connectivity index is 3.11. The molecule has 0 aromatic heterocycles. The quantitative estimate of drug-likeness (QED) is 0.746. The average Bonchev–Trinajstić information content (AvgIpc) is 2.32. The van der Waals surface area contributed by atoms with Gasteiger partial charge in [-0.3, -0.25) is 4.79 Å². The zero-order valence-corrected chi connectivity index (χ0v) is 10.2. The van der Waals surface area contributed by atoms with E-state index < -0.39 is 0 Å². The summed E-state index contributed by atoms with van der Waals surface area (Å²) in [4.78, 5) is 11.5. The SMILES string of the molecule is CCOC(=O)Cc1c(C#N)ccc(OC)c1C. The summed E-state index contributed by atoms with van der Waals surface area (Å²) in [7, 11) is 1.56. The summed E-state index contributed by atoms with van der Waals surface area (Å²) >= 11 is 0. The average molecular weight is 233 g/mol. The van der Waals surface area contributed by atoms with Gasteiger partial charge >= 0.3 is 5.97 Å². The van der Waals surface area contributed by atoms with Crippen molar-refractivity contribution in [1.82, 2.24) is 0 Å². The molecule has 0 spiro atoms. The fraction of sp³-hybridized carbons (Fsp3) is 0.385. The fourth-order valence-electron chi connectivity index (χ4n) is 1.65. The molecule has 0 aliphatic carbocycles. The van der Waals surface area contributed by atoms with Crippen molar-refractivity contribution in [1.29, 1.82) is 5.26 Å². The van der Waals surface area contributed by atoms with Crippen LogP contribution >= 0.6 is 0 Å². The topological polar surface area (TPSA) is 59.3 Å². The molecule has 0 fully saturated rings. The van der Waals surface area contributed by atoms with Crippen LogP contribution in [-0.4, -0.2) is 19.7 Å². The fourth-order valence-corrected chi connectivity index (χ4v) is 1.65. The first-order chi connectivity index (χ1) is 8.13. The minimum atomic E-state index is -0.333. The van der Waals surface area contributed by atoms with E-state index in [4.69, 9.17) is 14.7 Å². The molecule has 0 aliphatic rings. The molecule has 1 aromatic carbocycles. The van der Waals surface area contributed by atoms with E-state index in [1.807, 2.05) is 6.92 Å². The number of methoxy groups -OCH3 is 1. The van der Waals surface area contributed by atoms with E-state index in [0.717, 1.165) is 5.56 Å². The molecular formula is C13H15NO3. The van der Waals surface area contributed by atoms with Crippen molar-refractivity contribution in [3.8, 4) is 11.8 Å². The molecule has 0 radical (unpaired) electrons. The van der Waals surface area contributed by atoms with Crippen LogP contribution in [0, 0.1) is 18.3 Å². The van der Waals surface area contributed by atoms with Crippen LogP contribution in [0.15, 0.2) is 12.1 Å². The van der Waals surface area contributed by atoms with Gasteiger partial charge in [-0.15, -0.1) is 0 Å². The van der Waals surface area contributed by atoms with Crippen LogP contribution in [-0.2, 0) is 16.0 Å². The van der Waals surface area contributed by atoms with E-state index in [0.29, 0.717) is 23.5 Å². The van der Waals surface area contributed by atoms with Crippen molar-refractivity contribution in [3.63, 3.8) is 0 Å². The Bertz CT molecular complexity index is 460. The largest absolute Gasteiger partial charge is 0.496 e. The molecule has 0 heterocycles. The second-order valence-corrected chi connectivity index (χ2v) is 3.51. The van der Waals surface area contributed by atoms with Gasteiger partial charge in [-0.1, -0.05) is 0 Å². The Labute approximate surface area is 101 Å². The summed E-state index contributed by atoms with van der Waals surface area (Å²) in [5.41, 5.74) is 1.96. The van der Waals surface area contributed by atoms with E-state index >= 15 is 0 Å². The first kappa shape index (κ1) is 13.0. The number of carbonyl (C=O) groups is 1. The predicted molar refractivity (Wildman–Crippen MR) is 62.8 cm³/mol. The maximum atomic E-state index is 11.5. The first-order valence-corrected chi connectivity index (χ1v) is 5.36. The van der Waals surface area contributed by atoms with Gasteiger partial charge in [0.15, 0.2) is 0 Å². The van der Waals surface area contributed by atoms with Crippen LogP contribution in [0.2, 0.25) is 0 Å². The van der Waals surface area contributed by atoms with E-state index in [1.54, 1.807) is 26.2 Å². The monoisotopic (exact) mass is 233 g/mol. The standard InChI is InChI=1S/C13H15NO3/c1-4-17-13(15)7-11-9(2)12(16-3)6-5-10(11)8-14/h5-6H,4,7H2,1-3H3. The van der Waals surface area contributed by atoms with Crippen LogP contribution in [0.4, 0.5) is 0 Å². The number of hydrogen-bond donors (Lipinski definition) is 0. The molecular weight excluding hydrogens is 218 g/mol. The smallest absolute Gasteiger partial charge is 0.310 e. The van der Waals surface area contributed by atoms with Crippen molar-refractivity contribution in [2.45, 2.75) is 20.3 Å². The molecule has 0 atom stereocenters. The molecule has 1 rings (SSSR count). The normalized spacial score (nSPS) is 9.53. The van der Waals surface area contributed by atoms with Gasteiger partial charge < -0.3 is 9.47 Å². The van der Waals surface area contributed by atoms with Gasteiger partial charge in [0.05, 0.1) is 31.8 Å². The molecule has 17 heavy (non-hydrogen) atoms. The van der Waals surface area contributed by atoms with E-state index in [9.17, 15) is 4.79 Å². The van der Waals surface area contributed by atoms with E-state index in [1.165, 1.54) is 0 Å². The summed E-state index contributed by atoms with van der Waals surface area (Å²) in [5.74, 6) is 0.337. The van der Waals surface area contributed by atoms with Crippen molar-refractivity contribution in [2.24, 2.45) is 0 Å². The zero-order chi connectivity index (χ0) is 12.8. The van der Waals surface area contributed by atoms with Crippen LogP contribution < -0.4 is 4.74 Å². The van der Waals surface area contributed by atoms with Gasteiger partial charge in [0.2, 0.25) is 0 Å². The molecule has 1 aromatic rings. The molecule has 0 unspecified atom stereocenters.